The number of urea groups is 1. The molecule has 0 fully saturated rings. The Hall–Kier alpha value is -2.57. The second-order valence-electron chi connectivity index (χ2n) is 4.49. The van der Waals surface area contributed by atoms with E-state index in [4.69, 9.17) is 5.11 Å². The lowest BCUT2D eigenvalue weighted by molar-refractivity contribution is -0.120. The summed E-state index contributed by atoms with van der Waals surface area (Å²) in [7, 11) is 0. The molecule has 0 aliphatic rings. The molecule has 0 atom stereocenters. The fraction of sp³-hybridized carbons (Fsp3) is 0.357. The number of anilines is 1. The number of hydrogen-bond acceptors (Lipinski definition) is 3. The van der Waals surface area contributed by atoms with Gasteiger partial charge < -0.3 is 21.1 Å². The summed E-state index contributed by atoms with van der Waals surface area (Å²) < 4.78 is 0. The van der Waals surface area contributed by atoms with Crippen molar-refractivity contribution in [2.24, 2.45) is 0 Å². The molecule has 0 bridgehead atoms. The smallest absolute Gasteiger partial charge is 0.335 e. The van der Waals surface area contributed by atoms with Crippen LogP contribution in [-0.4, -0.2) is 36.1 Å². The summed E-state index contributed by atoms with van der Waals surface area (Å²) in [5.74, 6) is -1.35. The van der Waals surface area contributed by atoms with E-state index in [0.29, 0.717) is 12.2 Å². The molecule has 0 saturated carbocycles. The van der Waals surface area contributed by atoms with Gasteiger partial charge >= 0.3 is 12.0 Å². The van der Waals surface area contributed by atoms with Gasteiger partial charge in [-0.05, 0) is 31.0 Å². The third-order valence-corrected chi connectivity index (χ3v) is 2.71. The highest BCUT2D eigenvalue weighted by Gasteiger charge is 2.09. The molecule has 0 aromatic heterocycles. The molecule has 0 radical (unpaired) electrons. The molecule has 0 spiro atoms. The molecule has 7 heteroatoms. The third-order valence-electron chi connectivity index (χ3n) is 2.71. The average molecular weight is 293 g/mol. The summed E-state index contributed by atoms with van der Waals surface area (Å²) in [6, 6.07) is 3.87. The van der Waals surface area contributed by atoms with Crippen LogP contribution in [0.3, 0.4) is 0 Å². The van der Waals surface area contributed by atoms with E-state index in [2.05, 4.69) is 16.0 Å². The van der Waals surface area contributed by atoms with Crippen LogP contribution >= 0.6 is 0 Å². The normalized spacial score (nSPS) is 9.81. The molecule has 7 nitrogen and oxygen atoms in total. The fourth-order valence-corrected chi connectivity index (χ4v) is 1.54. The first-order valence-electron chi connectivity index (χ1n) is 6.59. The van der Waals surface area contributed by atoms with E-state index in [1.807, 2.05) is 6.92 Å². The minimum absolute atomic E-state index is 0.0802. The highest BCUT2D eigenvalue weighted by Crippen LogP contribution is 2.16. The predicted octanol–water partition coefficient (Wildman–Crippen LogP) is 1.34. The number of aryl methyl sites for hydroxylation is 1. The molecule has 0 saturated heterocycles. The minimum Gasteiger partial charge on any atom is -0.478 e. The average Bonchev–Trinajstić information content (AvgIpc) is 2.45. The Morgan fingerprint density at radius 1 is 1.19 bits per heavy atom. The monoisotopic (exact) mass is 293 g/mol. The zero-order chi connectivity index (χ0) is 15.8. The second-order valence-corrected chi connectivity index (χ2v) is 4.49. The lowest BCUT2D eigenvalue weighted by Gasteiger charge is -2.10. The Kier molecular flexibility index (Phi) is 6.19. The van der Waals surface area contributed by atoms with Crippen LogP contribution in [-0.2, 0) is 4.79 Å². The molecule has 0 aliphatic heterocycles. The zero-order valence-electron chi connectivity index (χ0n) is 12.0. The lowest BCUT2D eigenvalue weighted by Crippen LogP contribution is -2.39. The van der Waals surface area contributed by atoms with Crippen molar-refractivity contribution in [2.75, 3.05) is 18.4 Å². The van der Waals surface area contributed by atoms with Crippen molar-refractivity contribution in [3.8, 4) is 0 Å². The summed E-state index contributed by atoms with van der Waals surface area (Å²) in [6.45, 7) is 4.10. The van der Waals surface area contributed by atoms with Crippen LogP contribution < -0.4 is 16.0 Å². The lowest BCUT2D eigenvalue weighted by atomic mass is 10.1. The number of carboxylic acid groups (broad SMARTS) is 1. The Morgan fingerprint density at radius 3 is 2.52 bits per heavy atom. The van der Waals surface area contributed by atoms with E-state index in [1.165, 1.54) is 12.1 Å². The molecule has 0 heterocycles. The standard InChI is InChI=1S/C14H19N3O4/c1-3-6-15-12(18)8-16-14(21)17-11-7-10(13(19)20)5-4-9(11)2/h4-5,7H,3,6,8H2,1-2H3,(H,15,18)(H,19,20)(H2,16,17,21). The summed E-state index contributed by atoms with van der Waals surface area (Å²) in [4.78, 5) is 33.9. The number of rotatable bonds is 6. The van der Waals surface area contributed by atoms with E-state index in [-0.39, 0.29) is 18.0 Å². The number of hydrogen-bond donors (Lipinski definition) is 4. The van der Waals surface area contributed by atoms with E-state index >= 15 is 0 Å². The number of aromatic carboxylic acids is 1. The third kappa shape index (κ3) is 5.52. The van der Waals surface area contributed by atoms with Crippen LogP contribution in [0.1, 0.15) is 29.3 Å². The van der Waals surface area contributed by atoms with Gasteiger partial charge in [0, 0.05) is 12.2 Å². The summed E-state index contributed by atoms with van der Waals surface area (Å²) in [5.41, 5.74) is 1.20. The number of nitrogens with one attached hydrogen (secondary N) is 3. The predicted molar refractivity (Wildman–Crippen MR) is 78.5 cm³/mol. The van der Waals surface area contributed by atoms with Crippen LogP contribution in [0, 0.1) is 6.92 Å². The molecule has 1 aromatic rings. The van der Waals surface area contributed by atoms with E-state index in [0.717, 1.165) is 12.0 Å². The van der Waals surface area contributed by atoms with Gasteiger partial charge in [0.05, 0.1) is 12.1 Å². The molecule has 3 amide bonds. The number of carbonyl (C=O) groups excluding carboxylic acids is 2. The maximum atomic E-state index is 11.7. The van der Waals surface area contributed by atoms with Crippen LogP contribution in [0.25, 0.3) is 0 Å². The van der Waals surface area contributed by atoms with Crippen molar-refractivity contribution in [3.63, 3.8) is 0 Å². The van der Waals surface area contributed by atoms with Crippen LogP contribution in [0.15, 0.2) is 18.2 Å². The number of carboxylic acids is 1. The van der Waals surface area contributed by atoms with Gasteiger partial charge in [-0.25, -0.2) is 9.59 Å². The quantitative estimate of drug-likeness (QED) is 0.634. The molecular weight excluding hydrogens is 274 g/mol. The molecule has 4 N–H and O–H groups in total. The van der Waals surface area contributed by atoms with Crippen molar-refractivity contribution in [3.05, 3.63) is 29.3 Å². The van der Waals surface area contributed by atoms with Gasteiger partial charge in [-0.2, -0.15) is 0 Å². The van der Waals surface area contributed by atoms with Crippen molar-refractivity contribution in [2.45, 2.75) is 20.3 Å². The van der Waals surface area contributed by atoms with Gasteiger partial charge in [0.25, 0.3) is 0 Å². The van der Waals surface area contributed by atoms with Crippen LogP contribution in [0.2, 0.25) is 0 Å². The van der Waals surface area contributed by atoms with Crippen LogP contribution in [0.4, 0.5) is 10.5 Å². The molecule has 0 unspecified atom stereocenters. The Labute approximate surface area is 122 Å². The van der Waals surface area contributed by atoms with Gasteiger partial charge in [0.15, 0.2) is 0 Å². The van der Waals surface area contributed by atoms with E-state index in [1.54, 1.807) is 13.0 Å². The summed E-state index contributed by atoms with van der Waals surface area (Å²) in [6.07, 6.45) is 0.819. The molecular formula is C14H19N3O4. The maximum Gasteiger partial charge on any atom is 0.335 e. The van der Waals surface area contributed by atoms with Gasteiger partial charge in [-0.3, -0.25) is 4.79 Å². The first-order valence-corrected chi connectivity index (χ1v) is 6.59. The van der Waals surface area contributed by atoms with Crippen LogP contribution in [0.5, 0.6) is 0 Å². The Morgan fingerprint density at radius 2 is 1.90 bits per heavy atom. The van der Waals surface area contributed by atoms with E-state index < -0.39 is 12.0 Å². The van der Waals surface area contributed by atoms with Gasteiger partial charge in [-0.1, -0.05) is 13.0 Å². The summed E-state index contributed by atoms with van der Waals surface area (Å²) >= 11 is 0. The van der Waals surface area contributed by atoms with Crippen molar-refractivity contribution >= 4 is 23.6 Å². The largest absolute Gasteiger partial charge is 0.478 e. The first kappa shape index (κ1) is 16.5. The number of carbonyl (C=O) groups is 3. The van der Waals surface area contributed by atoms with Gasteiger partial charge in [-0.15, -0.1) is 0 Å². The summed E-state index contributed by atoms with van der Waals surface area (Å²) in [5, 5.41) is 16.5. The van der Waals surface area contributed by atoms with Crippen molar-refractivity contribution in [1.82, 2.24) is 10.6 Å². The SMILES string of the molecule is CCCNC(=O)CNC(=O)Nc1cc(C(=O)O)ccc1C. The zero-order valence-corrected chi connectivity index (χ0v) is 12.0. The first-order chi connectivity index (χ1) is 9.93. The molecule has 1 aromatic carbocycles. The Bertz CT molecular complexity index is 543. The number of amides is 3. The second kappa shape index (κ2) is 7.88. The highest BCUT2D eigenvalue weighted by molar-refractivity contribution is 5.95. The van der Waals surface area contributed by atoms with Crippen molar-refractivity contribution in [1.29, 1.82) is 0 Å². The molecule has 21 heavy (non-hydrogen) atoms. The number of benzene rings is 1. The fourth-order valence-electron chi connectivity index (χ4n) is 1.54. The maximum absolute atomic E-state index is 11.7. The topological polar surface area (TPSA) is 108 Å². The van der Waals surface area contributed by atoms with Gasteiger partial charge in [0.2, 0.25) is 5.91 Å². The minimum atomic E-state index is -1.07. The highest BCUT2D eigenvalue weighted by atomic mass is 16.4. The molecule has 0 aliphatic carbocycles. The molecule has 114 valence electrons. The Balaban J connectivity index is 2.56. The van der Waals surface area contributed by atoms with Crippen molar-refractivity contribution < 1.29 is 19.5 Å². The van der Waals surface area contributed by atoms with E-state index in [9.17, 15) is 14.4 Å². The van der Waals surface area contributed by atoms with Gasteiger partial charge in [0.1, 0.15) is 0 Å². The molecule has 1 rings (SSSR count).